The minimum Gasteiger partial charge on any atom is -0.270 e. The van der Waals surface area contributed by atoms with Crippen LogP contribution in [0.3, 0.4) is 0 Å². The number of hydrazine groups is 1. The van der Waals surface area contributed by atoms with Gasteiger partial charge in [-0.2, -0.15) is 0 Å². The van der Waals surface area contributed by atoms with Crippen molar-refractivity contribution in [3.8, 4) is 12.3 Å². The molecule has 3 nitrogen and oxygen atoms in total. The maximum Gasteiger partial charge on any atom is 0.108 e. The van der Waals surface area contributed by atoms with E-state index >= 15 is 0 Å². The molecule has 1 unspecified atom stereocenters. The van der Waals surface area contributed by atoms with Crippen molar-refractivity contribution in [2.24, 2.45) is 5.84 Å². The molecule has 0 fully saturated rings. The Kier molecular flexibility index (Phi) is 3.23. The van der Waals surface area contributed by atoms with E-state index in [4.69, 9.17) is 12.3 Å². The summed E-state index contributed by atoms with van der Waals surface area (Å²) in [6, 6.07) is 1.59. The summed E-state index contributed by atoms with van der Waals surface area (Å²) in [5, 5.41) is 0. The van der Waals surface area contributed by atoms with E-state index in [1.54, 1.807) is 12.4 Å². The first-order chi connectivity index (χ1) is 5.77. The Balaban J connectivity index is 2.95. The first kappa shape index (κ1) is 9.20. The lowest BCUT2D eigenvalue weighted by molar-refractivity contribution is 0.671. The Morgan fingerprint density at radius 1 is 1.67 bits per heavy atom. The summed E-state index contributed by atoms with van der Waals surface area (Å²) in [7, 11) is 0. The summed E-state index contributed by atoms with van der Waals surface area (Å²) in [4.78, 5) is 3.96. The lowest BCUT2D eigenvalue weighted by atomic mass is 10.1. The van der Waals surface area contributed by atoms with Gasteiger partial charge >= 0.3 is 0 Å². The molecule has 0 saturated carbocycles. The maximum absolute atomic E-state index is 5.23. The Hall–Kier alpha value is -0.890. The number of nitrogens with two attached hydrogens (primary N) is 1. The highest BCUT2D eigenvalue weighted by atomic mass is 79.9. The number of hydrogen-bond donors (Lipinski definition) is 2. The zero-order valence-electron chi connectivity index (χ0n) is 6.29. The molecule has 0 bridgehead atoms. The maximum atomic E-state index is 5.23. The molecule has 0 saturated heterocycles. The van der Waals surface area contributed by atoms with Gasteiger partial charge in [-0.25, -0.2) is 5.43 Å². The summed E-state index contributed by atoms with van der Waals surface area (Å²) in [5.74, 6) is 7.73. The molecule has 3 N–H and O–H groups in total. The van der Waals surface area contributed by atoms with Crippen molar-refractivity contribution in [3.63, 3.8) is 0 Å². The van der Waals surface area contributed by atoms with Gasteiger partial charge in [0.1, 0.15) is 6.04 Å². The number of terminal acetylenes is 1. The Morgan fingerprint density at radius 2 is 2.42 bits per heavy atom. The third-order valence-corrected chi connectivity index (χ3v) is 1.83. The van der Waals surface area contributed by atoms with Gasteiger partial charge in [-0.15, -0.1) is 6.42 Å². The van der Waals surface area contributed by atoms with Crippen LogP contribution in [0.25, 0.3) is 0 Å². The van der Waals surface area contributed by atoms with Crippen molar-refractivity contribution in [2.75, 3.05) is 0 Å². The second kappa shape index (κ2) is 4.21. The van der Waals surface area contributed by atoms with Gasteiger partial charge < -0.3 is 0 Å². The molecule has 12 heavy (non-hydrogen) atoms. The predicted molar refractivity (Wildman–Crippen MR) is 50.8 cm³/mol. The van der Waals surface area contributed by atoms with Crippen molar-refractivity contribution in [3.05, 3.63) is 28.5 Å². The molecular weight excluding hydrogens is 218 g/mol. The van der Waals surface area contributed by atoms with Gasteiger partial charge in [0.05, 0.1) is 0 Å². The summed E-state index contributed by atoms with van der Waals surface area (Å²) < 4.78 is 0.885. The van der Waals surface area contributed by atoms with E-state index in [0.717, 1.165) is 10.0 Å². The third-order valence-electron chi connectivity index (χ3n) is 1.39. The van der Waals surface area contributed by atoms with Gasteiger partial charge in [0.25, 0.3) is 0 Å². The smallest absolute Gasteiger partial charge is 0.108 e. The molecule has 1 aromatic heterocycles. The fourth-order valence-electron chi connectivity index (χ4n) is 0.827. The summed E-state index contributed by atoms with van der Waals surface area (Å²) in [6.07, 6.45) is 8.59. The number of hydrogen-bond acceptors (Lipinski definition) is 3. The molecular formula is C8H8BrN3. The average Bonchev–Trinajstić information content (AvgIpc) is 2.07. The van der Waals surface area contributed by atoms with E-state index in [0.29, 0.717) is 0 Å². The Bertz CT molecular complexity index is 305. The standard InChI is InChI=1S/C8H8BrN3/c1-2-8(12-10)6-3-7(9)5-11-4-6/h1,3-5,8,12H,10H2. The molecule has 1 atom stereocenters. The second-order valence-electron chi connectivity index (χ2n) is 2.20. The van der Waals surface area contributed by atoms with E-state index in [1.807, 2.05) is 6.07 Å². The van der Waals surface area contributed by atoms with Crippen LogP contribution in [-0.4, -0.2) is 4.98 Å². The third kappa shape index (κ3) is 2.05. The van der Waals surface area contributed by atoms with Crippen LogP contribution in [0, 0.1) is 12.3 Å². The van der Waals surface area contributed by atoms with Crippen LogP contribution in [0.4, 0.5) is 0 Å². The van der Waals surface area contributed by atoms with E-state index in [9.17, 15) is 0 Å². The zero-order chi connectivity index (χ0) is 8.97. The van der Waals surface area contributed by atoms with Gasteiger partial charge in [-0.05, 0) is 22.0 Å². The number of nitrogens with one attached hydrogen (secondary N) is 1. The second-order valence-corrected chi connectivity index (χ2v) is 3.12. The van der Waals surface area contributed by atoms with Crippen molar-refractivity contribution >= 4 is 15.9 Å². The van der Waals surface area contributed by atoms with Gasteiger partial charge in [-0.1, -0.05) is 5.92 Å². The van der Waals surface area contributed by atoms with Crippen LogP contribution >= 0.6 is 15.9 Å². The minimum absolute atomic E-state index is 0.282. The molecule has 0 aromatic carbocycles. The van der Waals surface area contributed by atoms with E-state index in [2.05, 4.69) is 32.3 Å². The highest BCUT2D eigenvalue weighted by Crippen LogP contribution is 2.14. The number of aromatic nitrogens is 1. The van der Waals surface area contributed by atoms with Crippen molar-refractivity contribution in [1.29, 1.82) is 0 Å². The molecule has 1 heterocycles. The fraction of sp³-hybridized carbons (Fsp3) is 0.125. The van der Waals surface area contributed by atoms with Crippen LogP contribution in [0.1, 0.15) is 11.6 Å². The monoisotopic (exact) mass is 225 g/mol. The molecule has 0 radical (unpaired) electrons. The average molecular weight is 226 g/mol. The quantitative estimate of drug-likeness (QED) is 0.449. The first-order valence-corrected chi connectivity index (χ1v) is 4.10. The lowest BCUT2D eigenvalue weighted by Crippen LogP contribution is -2.26. The van der Waals surface area contributed by atoms with E-state index in [1.165, 1.54) is 0 Å². The van der Waals surface area contributed by atoms with Crippen LogP contribution < -0.4 is 11.3 Å². The summed E-state index contributed by atoms with van der Waals surface area (Å²) in [6.45, 7) is 0. The molecule has 1 aromatic rings. The van der Waals surface area contributed by atoms with Crippen LogP contribution in [0.2, 0.25) is 0 Å². The first-order valence-electron chi connectivity index (χ1n) is 3.30. The van der Waals surface area contributed by atoms with Crippen molar-refractivity contribution < 1.29 is 0 Å². The molecule has 0 spiro atoms. The zero-order valence-corrected chi connectivity index (χ0v) is 7.88. The summed E-state index contributed by atoms with van der Waals surface area (Å²) >= 11 is 3.29. The number of rotatable bonds is 2. The van der Waals surface area contributed by atoms with Crippen LogP contribution in [-0.2, 0) is 0 Å². The van der Waals surface area contributed by atoms with Gasteiger partial charge in [0.15, 0.2) is 0 Å². The topological polar surface area (TPSA) is 50.9 Å². The number of nitrogens with zero attached hydrogens (tertiary/aromatic N) is 1. The van der Waals surface area contributed by atoms with Gasteiger partial charge in [0, 0.05) is 22.4 Å². The molecule has 4 heteroatoms. The molecule has 0 aliphatic carbocycles. The molecule has 0 aliphatic heterocycles. The van der Waals surface area contributed by atoms with Crippen molar-refractivity contribution in [1.82, 2.24) is 10.4 Å². The molecule has 1 rings (SSSR count). The normalized spacial score (nSPS) is 12.1. The highest BCUT2D eigenvalue weighted by Gasteiger charge is 2.05. The van der Waals surface area contributed by atoms with Gasteiger partial charge in [0.2, 0.25) is 0 Å². The largest absolute Gasteiger partial charge is 0.270 e. The molecule has 62 valence electrons. The van der Waals surface area contributed by atoms with Gasteiger partial charge in [-0.3, -0.25) is 10.8 Å². The SMILES string of the molecule is C#CC(NN)c1cncc(Br)c1. The summed E-state index contributed by atoms with van der Waals surface area (Å²) in [5.41, 5.74) is 3.37. The Morgan fingerprint density at radius 3 is 2.92 bits per heavy atom. The minimum atomic E-state index is -0.282. The number of halogens is 1. The van der Waals surface area contributed by atoms with E-state index in [-0.39, 0.29) is 6.04 Å². The lowest BCUT2D eigenvalue weighted by Gasteiger charge is -2.08. The van der Waals surface area contributed by atoms with Crippen LogP contribution in [0.5, 0.6) is 0 Å². The number of pyridine rings is 1. The highest BCUT2D eigenvalue weighted by molar-refractivity contribution is 9.10. The fourth-order valence-corrected chi connectivity index (χ4v) is 1.21. The Labute approximate surface area is 79.5 Å². The van der Waals surface area contributed by atoms with E-state index < -0.39 is 0 Å². The molecule has 0 aliphatic rings. The predicted octanol–water partition coefficient (Wildman–Crippen LogP) is 0.982. The van der Waals surface area contributed by atoms with Crippen LogP contribution in [0.15, 0.2) is 22.9 Å². The molecule has 0 amide bonds. The van der Waals surface area contributed by atoms with Crippen molar-refractivity contribution in [2.45, 2.75) is 6.04 Å².